The molecular weight excluding hydrogens is 1210 g/mol. The van der Waals surface area contributed by atoms with Crippen molar-refractivity contribution < 1.29 is 33.3 Å². The van der Waals surface area contributed by atoms with Crippen molar-refractivity contribution >= 4 is 61.0 Å². The van der Waals surface area contributed by atoms with E-state index in [-0.39, 0.29) is 68.2 Å². The summed E-state index contributed by atoms with van der Waals surface area (Å²) in [6.45, 7) is 33.4. The van der Waals surface area contributed by atoms with Crippen LogP contribution in [-0.4, -0.2) is 21.9 Å². The van der Waals surface area contributed by atoms with E-state index in [2.05, 4.69) is 216 Å². The molecule has 12 nitrogen and oxygen atoms in total. The van der Waals surface area contributed by atoms with Crippen LogP contribution in [-0.2, 0) is 61.9 Å². The number of halogens is 2. The van der Waals surface area contributed by atoms with Crippen molar-refractivity contribution in [1.29, 1.82) is 0 Å². The van der Waals surface area contributed by atoms with Crippen molar-refractivity contribution in [3.63, 3.8) is 0 Å². The third-order valence-electron chi connectivity index (χ3n) is 15.3. The number of benzene rings is 6. The van der Waals surface area contributed by atoms with Crippen LogP contribution in [0.3, 0.4) is 0 Å². The van der Waals surface area contributed by atoms with Gasteiger partial charge in [0.15, 0.2) is 0 Å². The maximum absolute atomic E-state index is 11.5. The summed E-state index contributed by atoms with van der Waals surface area (Å²) in [5.41, 5.74) is 12.7. The maximum atomic E-state index is 11.5. The Balaban J connectivity index is 0.00000268. The van der Waals surface area contributed by atoms with Crippen molar-refractivity contribution in [2.75, 3.05) is 19.6 Å². The molecule has 15 heteroatoms. The summed E-state index contributed by atoms with van der Waals surface area (Å²) < 4.78 is 13.8. The monoisotopic (exact) mass is 1290 g/mol. The van der Waals surface area contributed by atoms with Crippen LogP contribution in [0.2, 0.25) is 0 Å². The van der Waals surface area contributed by atoms with Crippen LogP contribution in [0.4, 0.5) is 34.1 Å². The van der Waals surface area contributed by atoms with Crippen LogP contribution in [0, 0.1) is 33.6 Å². The molecule has 0 bridgehead atoms. The fourth-order valence-electron chi connectivity index (χ4n) is 11.0. The molecule has 424 valence electrons. The minimum absolute atomic E-state index is 0.0577. The Labute approximate surface area is 490 Å². The minimum atomic E-state index is -0.371. The second-order valence-corrected chi connectivity index (χ2v) is 32.4. The zero-order chi connectivity index (χ0) is 57.2. The molecule has 6 aromatic carbocycles. The standard InChI is InChI=1S/C64H76N6O6.2BrH.Pd/c1-61(2,3)47-33-45(59(51(35-47)63(7,8)9)75-39-43-25-29-49(30-26-43)69(71)72)37-65-41-67(55-21-15-13-19-53(55)65)57-23-17-18-24-58(57)68-42-66(54-20-14-16-22-56(54)68)38-46-34-48(62(4,5)6)36-52(64(10,11)12)60(46)76-40-44-27-31-50(32-28-44)70(73)74;;;/h13-16,19-22,25-36,41-42,57-58H,17-18,23-24,37-40H2,1-12H3;2*1H;/q-2;;;+2/p-2/t57-,58-;;;/m1.../s1. The molecule has 2 heterocycles. The summed E-state index contributed by atoms with van der Waals surface area (Å²) in [5.74, 6) is 1.70. The fourth-order valence-corrected chi connectivity index (χ4v) is 11.0. The summed E-state index contributed by atoms with van der Waals surface area (Å²) in [6, 6.07) is 40.4. The van der Waals surface area contributed by atoms with Crippen molar-refractivity contribution in [1.82, 2.24) is 0 Å². The Hall–Kier alpha value is -5.46. The van der Waals surface area contributed by atoms with E-state index in [4.69, 9.17) is 9.47 Å². The number of rotatable bonds is 14. The van der Waals surface area contributed by atoms with Gasteiger partial charge in [0.05, 0.1) is 9.85 Å². The molecule has 0 saturated heterocycles. The van der Waals surface area contributed by atoms with Gasteiger partial charge in [-0.3, -0.25) is 20.2 Å². The number of para-hydroxylation sites is 4. The summed E-state index contributed by atoms with van der Waals surface area (Å²) in [6.07, 6.45) is 4.30. The number of anilines is 4. The number of nitro benzene ring substituents is 2. The van der Waals surface area contributed by atoms with Crippen LogP contribution in [0.5, 0.6) is 11.5 Å². The average Bonchev–Trinajstić information content (AvgIpc) is 4.20. The summed E-state index contributed by atoms with van der Waals surface area (Å²) in [7, 11) is 0. The summed E-state index contributed by atoms with van der Waals surface area (Å²) in [4.78, 5) is 32.1. The zero-order valence-electron chi connectivity index (χ0n) is 47.7. The fraction of sp³-hybridized carbons (Fsp3) is 0.406. The molecule has 9 rings (SSSR count). The second-order valence-electron chi connectivity index (χ2n) is 25.2. The van der Waals surface area contributed by atoms with Gasteiger partial charge in [0.25, 0.3) is 11.4 Å². The third-order valence-corrected chi connectivity index (χ3v) is 15.3. The first-order valence-electron chi connectivity index (χ1n) is 27.1. The molecule has 2 aliphatic heterocycles. The van der Waals surface area contributed by atoms with Gasteiger partial charge in [-0.2, -0.15) is 13.3 Å². The van der Waals surface area contributed by atoms with Gasteiger partial charge in [-0.05, 0) is 117 Å². The van der Waals surface area contributed by atoms with Crippen molar-refractivity contribution in [2.24, 2.45) is 0 Å². The van der Waals surface area contributed by atoms with Crippen molar-refractivity contribution in [2.45, 2.75) is 169 Å². The van der Waals surface area contributed by atoms with E-state index in [1.165, 1.54) is 22.5 Å². The molecule has 1 saturated carbocycles. The summed E-state index contributed by atoms with van der Waals surface area (Å²) >= 11 is 6.80. The van der Waals surface area contributed by atoms with Crippen LogP contribution >= 0.6 is 26.9 Å². The Bertz CT molecular complexity index is 2920. The van der Waals surface area contributed by atoms with E-state index in [1.807, 2.05) is 0 Å². The number of fused-ring (bicyclic) bond motifs is 2. The number of nitro groups is 2. The number of ether oxygens (including phenoxy) is 2. The molecule has 79 heavy (non-hydrogen) atoms. The van der Waals surface area contributed by atoms with Gasteiger partial charge in [-0.25, -0.2) is 0 Å². The number of non-ortho nitro benzene ring substituents is 2. The normalized spacial score (nSPS) is 16.6. The van der Waals surface area contributed by atoms with E-state index in [1.54, 1.807) is 48.5 Å². The van der Waals surface area contributed by atoms with Gasteiger partial charge in [0.1, 0.15) is 24.7 Å². The number of nitrogens with zero attached hydrogens (tertiary/aromatic N) is 6. The molecule has 3 aliphatic rings. The predicted octanol–water partition coefficient (Wildman–Crippen LogP) is 17.4. The number of hydrogen-bond acceptors (Lipinski definition) is 10. The topological polar surface area (TPSA) is 118 Å². The molecule has 1 fully saturated rings. The Morgan fingerprint density at radius 2 is 0.848 bits per heavy atom. The van der Waals surface area contributed by atoms with Gasteiger partial charge in [-0.15, -0.1) is 0 Å². The van der Waals surface area contributed by atoms with Gasteiger partial charge in [0.2, 0.25) is 0 Å². The molecular formula is C64H76Br2N6O6Pd-2. The molecule has 0 radical (unpaired) electrons. The van der Waals surface area contributed by atoms with E-state index in [0.717, 1.165) is 81.9 Å². The first-order valence-corrected chi connectivity index (χ1v) is 34.3. The molecule has 0 unspecified atom stereocenters. The number of hydrogen-bond donors (Lipinski definition) is 0. The van der Waals surface area contributed by atoms with Gasteiger partial charge >= 0.3 is 40.8 Å². The molecule has 0 aromatic heterocycles. The third kappa shape index (κ3) is 13.8. The van der Waals surface area contributed by atoms with Gasteiger partial charge in [0, 0.05) is 94.4 Å². The predicted molar refractivity (Wildman–Crippen MR) is 325 cm³/mol. The first kappa shape index (κ1) is 59.7. The van der Waals surface area contributed by atoms with Crippen LogP contribution in [0.15, 0.2) is 121 Å². The molecule has 2 atom stereocenters. The second kappa shape index (κ2) is 24.3. The van der Waals surface area contributed by atoms with E-state index >= 15 is 0 Å². The van der Waals surface area contributed by atoms with Gasteiger partial charge in [-0.1, -0.05) is 132 Å². The molecule has 0 spiro atoms. The van der Waals surface area contributed by atoms with Crippen LogP contribution in [0.1, 0.15) is 153 Å². The molecule has 0 amide bonds. The van der Waals surface area contributed by atoms with E-state index in [0.29, 0.717) is 27.0 Å². The van der Waals surface area contributed by atoms with Crippen LogP contribution in [0.25, 0.3) is 0 Å². The zero-order valence-corrected chi connectivity index (χ0v) is 52.4. The molecule has 1 aliphatic carbocycles. The SMILES string of the molecule is CC(C)(C)c1cc(CN2[CH-]N([C@@H]3CCCC[C@H]3N3[CH-]N(Cc4cc(C(C)(C)C)cc(C(C)(C)C)c4OCc4ccc([N+](=O)[O-])cc4)c4ccccc43)c3ccccc32)c(OCc2ccc([N+](=O)[O-])cc2)c(C(C)(C)C)c1.[Br][Pd][Br]. The Morgan fingerprint density at radius 3 is 1.15 bits per heavy atom. The van der Waals surface area contributed by atoms with Crippen molar-refractivity contribution in [3.05, 3.63) is 199 Å². The van der Waals surface area contributed by atoms with Gasteiger partial charge < -0.3 is 29.1 Å². The van der Waals surface area contributed by atoms with Crippen LogP contribution < -0.4 is 29.1 Å². The Kier molecular flexibility index (Phi) is 18.4. The quantitative estimate of drug-likeness (QED) is 0.0451. The molecule has 6 aromatic rings. The summed E-state index contributed by atoms with van der Waals surface area (Å²) in [5, 5.41) is 23.0. The first-order chi connectivity index (χ1) is 37.3. The van der Waals surface area contributed by atoms with E-state index in [9.17, 15) is 20.2 Å². The average molecular weight is 1290 g/mol. The Morgan fingerprint density at radius 1 is 0.519 bits per heavy atom. The van der Waals surface area contributed by atoms with Crippen molar-refractivity contribution in [3.8, 4) is 11.5 Å². The van der Waals surface area contributed by atoms with E-state index < -0.39 is 0 Å². The molecule has 0 N–H and O–H groups in total.